The van der Waals surface area contributed by atoms with Crippen molar-refractivity contribution in [1.82, 2.24) is 20.4 Å². The molecule has 1 aliphatic carbocycles. The van der Waals surface area contributed by atoms with E-state index in [4.69, 9.17) is 9.47 Å². The molecule has 2 spiro atoms. The Balaban J connectivity index is 1.70. The molecule has 8 nitrogen and oxygen atoms in total. The highest BCUT2D eigenvalue weighted by atomic mass is 16.7. The zero-order valence-corrected chi connectivity index (χ0v) is 13.5. The van der Waals surface area contributed by atoms with Gasteiger partial charge in [0, 0.05) is 30.8 Å². The van der Waals surface area contributed by atoms with Gasteiger partial charge < -0.3 is 14.8 Å². The fourth-order valence-corrected chi connectivity index (χ4v) is 4.04. The molecule has 2 fully saturated rings. The van der Waals surface area contributed by atoms with E-state index in [0.29, 0.717) is 18.8 Å². The summed E-state index contributed by atoms with van der Waals surface area (Å²) in [5.74, 6) is -1.38. The van der Waals surface area contributed by atoms with Crippen molar-refractivity contribution in [2.24, 2.45) is 7.05 Å². The maximum absolute atomic E-state index is 12.6. The van der Waals surface area contributed by atoms with Crippen LogP contribution in [0.25, 0.3) is 11.1 Å². The number of fused-ring (bicyclic) bond motifs is 3. The smallest absolute Gasteiger partial charge is 0.322 e. The number of amides is 3. The Labute approximate surface area is 143 Å². The van der Waals surface area contributed by atoms with Crippen LogP contribution in [-0.2, 0) is 32.6 Å². The van der Waals surface area contributed by atoms with Crippen molar-refractivity contribution in [1.29, 1.82) is 0 Å². The van der Waals surface area contributed by atoms with Crippen molar-refractivity contribution in [2.45, 2.75) is 17.7 Å². The van der Waals surface area contributed by atoms with Gasteiger partial charge in [0.05, 0.1) is 19.4 Å². The zero-order chi connectivity index (χ0) is 17.2. The fourth-order valence-electron chi connectivity index (χ4n) is 4.04. The molecule has 3 aliphatic rings. The van der Waals surface area contributed by atoms with Gasteiger partial charge in [-0.2, -0.15) is 5.10 Å². The number of hydrogen-bond donors (Lipinski definition) is 2. The zero-order valence-electron chi connectivity index (χ0n) is 13.5. The molecule has 1 aromatic heterocycles. The lowest BCUT2D eigenvalue weighted by molar-refractivity contribution is -0.174. The maximum Gasteiger partial charge on any atom is 0.322 e. The predicted molar refractivity (Wildman–Crippen MR) is 85.2 cm³/mol. The highest BCUT2D eigenvalue weighted by Gasteiger charge is 2.62. The lowest BCUT2D eigenvalue weighted by Crippen LogP contribution is -2.43. The number of aromatic nitrogens is 2. The first-order valence-corrected chi connectivity index (χ1v) is 8.08. The van der Waals surface area contributed by atoms with Crippen LogP contribution >= 0.6 is 0 Å². The molecule has 2 aromatic rings. The van der Waals surface area contributed by atoms with E-state index >= 15 is 0 Å². The number of benzene rings is 1. The molecule has 3 amide bonds. The van der Waals surface area contributed by atoms with Crippen LogP contribution in [0.3, 0.4) is 0 Å². The summed E-state index contributed by atoms with van der Waals surface area (Å²) < 4.78 is 13.6. The first-order valence-electron chi connectivity index (χ1n) is 8.08. The summed E-state index contributed by atoms with van der Waals surface area (Å²) >= 11 is 0. The average molecular weight is 340 g/mol. The molecule has 8 heteroatoms. The Morgan fingerprint density at radius 2 is 1.96 bits per heavy atom. The minimum atomic E-state index is -1.15. The van der Waals surface area contributed by atoms with Gasteiger partial charge in [-0.15, -0.1) is 0 Å². The molecule has 0 radical (unpaired) electrons. The van der Waals surface area contributed by atoms with Crippen molar-refractivity contribution in [3.8, 4) is 11.1 Å². The van der Waals surface area contributed by atoms with Gasteiger partial charge in [0.2, 0.25) is 0 Å². The van der Waals surface area contributed by atoms with Crippen LogP contribution in [0.1, 0.15) is 17.5 Å². The van der Waals surface area contributed by atoms with Gasteiger partial charge in [0.25, 0.3) is 5.91 Å². The first kappa shape index (κ1) is 14.6. The highest BCUT2D eigenvalue weighted by Crippen LogP contribution is 2.53. The van der Waals surface area contributed by atoms with Crippen LogP contribution in [0.2, 0.25) is 0 Å². The Morgan fingerprint density at radius 1 is 1.16 bits per heavy atom. The van der Waals surface area contributed by atoms with Gasteiger partial charge in [0.1, 0.15) is 0 Å². The number of nitrogens with zero attached hydrogens (tertiary/aromatic N) is 2. The normalized spacial score (nSPS) is 26.3. The minimum Gasteiger partial charge on any atom is -0.343 e. The van der Waals surface area contributed by atoms with Crippen LogP contribution in [0, 0.1) is 0 Å². The largest absolute Gasteiger partial charge is 0.343 e. The lowest BCUT2D eigenvalue weighted by atomic mass is 9.91. The van der Waals surface area contributed by atoms with Crippen LogP contribution in [0.4, 0.5) is 4.79 Å². The number of carbonyl (C=O) groups is 2. The Hall–Kier alpha value is -2.71. The molecule has 2 saturated heterocycles. The number of carbonyl (C=O) groups excluding carboxylic acids is 2. The molecule has 2 aliphatic heterocycles. The molecule has 3 heterocycles. The summed E-state index contributed by atoms with van der Waals surface area (Å²) in [4.78, 5) is 24.3. The molecule has 5 rings (SSSR count). The molecule has 25 heavy (non-hydrogen) atoms. The van der Waals surface area contributed by atoms with E-state index in [0.717, 1.165) is 16.7 Å². The van der Waals surface area contributed by atoms with Crippen LogP contribution in [-0.4, -0.2) is 34.9 Å². The lowest BCUT2D eigenvalue weighted by Gasteiger charge is -2.25. The van der Waals surface area contributed by atoms with E-state index < -0.39 is 17.4 Å². The molecule has 0 bridgehead atoms. The fraction of sp³-hybridized carbons (Fsp3) is 0.353. The number of hydrogen-bond acceptors (Lipinski definition) is 5. The third-order valence-corrected chi connectivity index (χ3v) is 5.12. The summed E-state index contributed by atoms with van der Waals surface area (Å²) in [5.41, 5.74) is 2.25. The van der Waals surface area contributed by atoms with Crippen molar-refractivity contribution >= 4 is 11.9 Å². The molecular formula is C17H16N4O4. The summed E-state index contributed by atoms with van der Waals surface area (Å²) in [6.07, 6.45) is 3.92. The van der Waals surface area contributed by atoms with E-state index in [-0.39, 0.29) is 12.3 Å². The Morgan fingerprint density at radius 3 is 2.60 bits per heavy atom. The maximum atomic E-state index is 12.6. The third kappa shape index (κ3) is 1.86. The van der Waals surface area contributed by atoms with E-state index in [1.165, 1.54) is 0 Å². The second-order valence-electron chi connectivity index (χ2n) is 6.60. The van der Waals surface area contributed by atoms with E-state index in [1.807, 2.05) is 31.4 Å². The summed E-state index contributed by atoms with van der Waals surface area (Å²) in [6, 6.07) is 5.25. The monoisotopic (exact) mass is 340 g/mol. The predicted octanol–water partition coefficient (Wildman–Crippen LogP) is 0.725. The van der Waals surface area contributed by atoms with E-state index in [2.05, 4.69) is 15.7 Å². The third-order valence-electron chi connectivity index (χ3n) is 5.12. The molecule has 1 unspecified atom stereocenters. The van der Waals surface area contributed by atoms with Crippen LogP contribution < -0.4 is 10.6 Å². The number of aryl methyl sites for hydroxylation is 1. The number of nitrogens with one attached hydrogen (secondary N) is 2. The second kappa shape index (κ2) is 4.68. The van der Waals surface area contributed by atoms with E-state index in [1.54, 1.807) is 10.9 Å². The molecule has 0 saturated carbocycles. The van der Waals surface area contributed by atoms with Gasteiger partial charge >= 0.3 is 6.03 Å². The van der Waals surface area contributed by atoms with Gasteiger partial charge in [-0.3, -0.25) is 14.8 Å². The minimum absolute atomic E-state index is 0.226. The molecule has 2 N–H and O–H groups in total. The number of ether oxygens (including phenoxy) is 2. The second-order valence-corrected chi connectivity index (χ2v) is 6.60. The Bertz CT molecular complexity index is 915. The quantitative estimate of drug-likeness (QED) is 0.746. The molecule has 1 atom stereocenters. The number of rotatable bonds is 1. The van der Waals surface area contributed by atoms with Crippen LogP contribution in [0.5, 0.6) is 0 Å². The van der Waals surface area contributed by atoms with E-state index in [9.17, 15) is 9.59 Å². The SMILES string of the molecule is Cn1cc(-c2ccc3c(c2)C2(CC34NC(=O)NC4=O)OCCO2)cn1. The highest BCUT2D eigenvalue weighted by molar-refractivity contribution is 6.08. The number of imide groups is 1. The Kier molecular flexibility index (Phi) is 2.73. The summed E-state index contributed by atoms with van der Waals surface area (Å²) in [7, 11) is 1.86. The summed E-state index contributed by atoms with van der Waals surface area (Å²) in [6.45, 7) is 0.893. The van der Waals surface area contributed by atoms with Gasteiger partial charge in [-0.1, -0.05) is 12.1 Å². The topological polar surface area (TPSA) is 94.5 Å². The van der Waals surface area contributed by atoms with Gasteiger partial charge in [0.15, 0.2) is 11.3 Å². The first-order chi connectivity index (χ1) is 12.0. The van der Waals surface area contributed by atoms with Crippen LogP contribution in [0.15, 0.2) is 30.6 Å². The molecule has 128 valence electrons. The van der Waals surface area contributed by atoms with Crippen molar-refractivity contribution < 1.29 is 19.1 Å². The van der Waals surface area contributed by atoms with Gasteiger partial charge in [-0.05, 0) is 17.2 Å². The number of urea groups is 1. The average Bonchev–Trinajstić information content (AvgIpc) is 3.32. The molecular weight excluding hydrogens is 324 g/mol. The molecule has 1 aromatic carbocycles. The van der Waals surface area contributed by atoms with Crippen molar-refractivity contribution in [3.05, 3.63) is 41.7 Å². The van der Waals surface area contributed by atoms with Crippen molar-refractivity contribution in [2.75, 3.05) is 13.2 Å². The standard InChI is InChI=1S/C17H16N4O4/c1-21-8-11(7-18-21)10-2-3-12-13(6-10)17(24-4-5-25-17)9-16(12)14(22)19-15(23)20-16/h2-3,6-8H,4-5,9H2,1H3,(H2,19,20,22,23). The summed E-state index contributed by atoms with van der Waals surface area (Å²) in [5, 5.41) is 9.31. The van der Waals surface area contributed by atoms with Crippen molar-refractivity contribution in [3.63, 3.8) is 0 Å². The van der Waals surface area contributed by atoms with Gasteiger partial charge in [-0.25, -0.2) is 4.79 Å².